The lowest BCUT2D eigenvalue weighted by Crippen LogP contribution is -2.23. The zero-order chi connectivity index (χ0) is 49.8. The Balaban J connectivity index is 0.000000204. The van der Waals surface area contributed by atoms with E-state index >= 15 is 0 Å². The van der Waals surface area contributed by atoms with Gasteiger partial charge in [0.25, 0.3) is 0 Å². The van der Waals surface area contributed by atoms with Crippen molar-refractivity contribution in [1.29, 1.82) is 0 Å². The molecule has 0 saturated carbocycles. The van der Waals surface area contributed by atoms with Gasteiger partial charge in [-0.1, -0.05) is 81.8 Å². The van der Waals surface area contributed by atoms with E-state index in [4.69, 9.17) is 66.1 Å². The predicted octanol–water partition coefficient (Wildman–Crippen LogP) is 15.7. The number of carbonyl (C=O) groups is 2. The van der Waals surface area contributed by atoms with E-state index in [1.165, 1.54) is 0 Å². The van der Waals surface area contributed by atoms with E-state index in [2.05, 4.69) is 5.32 Å². The topological polar surface area (TPSA) is 104 Å². The maximum Gasteiger partial charge on any atom is 0.338 e. The molecule has 8 aromatic rings. The van der Waals surface area contributed by atoms with E-state index in [-0.39, 0.29) is 11.9 Å². The maximum absolute atomic E-state index is 12.4. The molecule has 0 fully saturated rings. The van der Waals surface area contributed by atoms with Crippen LogP contribution in [0.25, 0.3) is 33.9 Å². The van der Waals surface area contributed by atoms with Crippen molar-refractivity contribution in [2.24, 2.45) is 0 Å². The average molecular weight is 1000 g/mol. The first-order valence-electron chi connectivity index (χ1n) is 22.0. The molecule has 69 heavy (non-hydrogen) atoms. The summed E-state index contributed by atoms with van der Waals surface area (Å²) in [5, 5.41) is 15.3. The van der Waals surface area contributed by atoms with Crippen molar-refractivity contribution in [1.82, 2.24) is 19.6 Å². The standard InChI is InChI=1S/C28H27Cl2N3O2.C27H25Cl2N3O2/c1-18-6-10-24(11-7-18)33-26(17-25(31-33)20-14-21(29)16-22(30)15-20)32(5)23-12-8-19(9-13-23)27(34)35-28(2,3)4;1-17-5-11-23(12-6-17)32-25(16-24(31-32)19-13-20(28)15-21(29)14-19)30-22-9-7-18(8-10-22)26(33)34-27(2,3)4/h6-17H,1-5H3;5-16,30H,1-4H3. The summed E-state index contributed by atoms with van der Waals surface area (Å²) in [5.74, 6) is 0.880. The monoisotopic (exact) mass is 1000 g/mol. The van der Waals surface area contributed by atoms with Crippen molar-refractivity contribution in [2.45, 2.75) is 66.6 Å². The summed E-state index contributed by atoms with van der Waals surface area (Å²) < 4.78 is 14.6. The van der Waals surface area contributed by atoms with E-state index in [1.54, 1.807) is 36.4 Å². The molecule has 0 amide bonds. The number of nitrogens with one attached hydrogen (secondary N) is 1. The van der Waals surface area contributed by atoms with Crippen LogP contribution in [0.3, 0.4) is 0 Å². The van der Waals surface area contributed by atoms with E-state index in [9.17, 15) is 9.59 Å². The van der Waals surface area contributed by atoms with Gasteiger partial charge in [-0.05, 0) is 165 Å². The first-order valence-corrected chi connectivity index (χ1v) is 23.5. The number of rotatable bonds is 10. The highest BCUT2D eigenvalue weighted by molar-refractivity contribution is 6.35. The fraction of sp³-hybridized carbons (Fsp3) is 0.200. The van der Waals surface area contributed by atoms with Crippen LogP contribution in [0.4, 0.5) is 23.0 Å². The summed E-state index contributed by atoms with van der Waals surface area (Å²) >= 11 is 24.9. The number of hydrogen-bond donors (Lipinski definition) is 1. The van der Waals surface area contributed by atoms with Crippen LogP contribution in [0.5, 0.6) is 0 Å². The Labute approximate surface area is 423 Å². The normalized spacial score (nSPS) is 11.4. The summed E-state index contributed by atoms with van der Waals surface area (Å²) in [6, 6.07) is 45.3. The number of ether oxygens (including phenoxy) is 2. The van der Waals surface area contributed by atoms with Crippen LogP contribution >= 0.6 is 46.4 Å². The third-order valence-corrected chi connectivity index (χ3v) is 11.2. The maximum atomic E-state index is 12.4. The van der Waals surface area contributed by atoms with Crippen LogP contribution in [0.1, 0.15) is 73.4 Å². The predicted molar refractivity (Wildman–Crippen MR) is 282 cm³/mol. The Morgan fingerprint density at radius 1 is 0.522 bits per heavy atom. The molecule has 0 unspecified atom stereocenters. The molecule has 2 heterocycles. The summed E-state index contributed by atoms with van der Waals surface area (Å²) in [4.78, 5) is 26.8. The SMILES string of the molecule is Cc1ccc(-n2nc(-c3cc(Cl)cc(Cl)c3)cc2N(C)c2ccc(C(=O)OC(C)(C)C)cc2)cc1.Cc1ccc(-n2nc(-c3cc(Cl)cc(Cl)c3)cc2Nc2ccc(C(=O)OC(C)(C)C)cc2)cc1. The zero-order valence-corrected chi connectivity index (χ0v) is 42.8. The van der Waals surface area contributed by atoms with Gasteiger partial charge in [0, 0.05) is 61.8 Å². The molecule has 14 heteroatoms. The smallest absolute Gasteiger partial charge is 0.338 e. The lowest BCUT2D eigenvalue weighted by atomic mass is 10.1. The molecule has 0 atom stereocenters. The van der Waals surface area contributed by atoms with Gasteiger partial charge in [-0.3, -0.25) is 0 Å². The number of carbonyl (C=O) groups excluding carboxylic acids is 2. The number of nitrogens with zero attached hydrogens (tertiary/aromatic N) is 5. The Hall–Kier alpha value is -6.56. The highest BCUT2D eigenvalue weighted by atomic mass is 35.5. The Morgan fingerprint density at radius 2 is 0.913 bits per heavy atom. The number of benzene rings is 6. The molecule has 6 aromatic carbocycles. The Kier molecular flexibility index (Phi) is 15.3. The highest BCUT2D eigenvalue weighted by Gasteiger charge is 2.21. The van der Waals surface area contributed by atoms with Gasteiger partial charge in [0.15, 0.2) is 0 Å². The molecule has 354 valence electrons. The van der Waals surface area contributed by atoms with Gasteiger partial charge in [0.2, 0.25) is 0 Å². The number of aryl methyl sites for hydroxylation is 2. The molecule has 0 aliphatic rings. The summed E-state index contributed by atoms with van der Waals surface area (Å²) in [5.41, 5.74) is 8.81. The van der Waals surface area contributed by atoms with Crippen molar-refractivity contribution in [2.75, 3.05) is 17.3 Å². The van der Waals surface area contributed by atoms with Gasteiger partial charge in [-0.2, -0.15) is 10.2 Å². The van der Waals surface area contributed by atoms with Crippen molar-refractivity contribution < 1.29 is 19.1 Å². The Morgan fingerprint density at radius 3 is 1.35 bits per heavy atom. The largest absolute Gasteiger partial charge is 0.456 e. The van der Waals surface area contributed by atoms with Gasteiger partial charge < -0.3 is 19.7 Å². The second-order valence-electron chi connectivity index (χ2n) is 18.4. The molecule has 10 nitrogen and oxygen atoms in total. The van der Waals surface area contributed by atoms with Gasteiger partial charge >= 0.3 is 11.9 Å². The van der Waals surface area contributed by atoms with E-state index in [0.717, 1.165) is 68.0 Å². The number of anilines is 4. The van der Waals surface area contributed by atoms with Crippen molar-refractivity contribution >= 4 is 81.4 Å². The van der Waals surface area contributed by atoms with Gasteiger partial charge in [0.1, 0.15) is 22.8 Å². The summed E-state index contributed by atoms with van der Waals surface area (Å²) in [6.45, 7) is 15.2. The molecule has 0 bridgehead atoms. The number of aromatic nitrogens is 4. The highest BCUT2D eigenvalue weighted by Crippen LogP contribution is 2.35. The molecule has 0 aliphatic carbocycles. The first-order chi connectivity index (χ1) is 32.6. The van der Waals surface area contributed by atoms with Crippen LogP contribution in [-0.4, -0.2) is 49.7 Å². The molecular formula is C55H52Cl4N6O4. The summed E-state index contributed by atoms with van der Waals surface area (Å²) in [6.07, 6.45) is 0. The third kappa shape index (κ3) is 13.4. The van der Waals surface area contributed by atoms with Gasteiger partial charge in [-0.25, -0.2) is 19.0 Å². The van der Waals surface area contributed by atoms with E-state index in [1.807, 2.05) is 186 Å². The molecular weight excluding hydrogens is 950 g/mol. The fourth-order valence-electron chi connectivity index (χ4n) is 6.99. The number of halogens is 4. The van der Waals surface area contributed by atoms with Gasteiger partial charge in [0.05, 0.1) is 33.9 Å². The van der Waals surface area contributed by atoms with Crippen LogP contribution in [0, 0.1) is 13.8 Å². The second-order valence-corrected chi connectivity index (χ2v) is 20.2. The lowest BCUT2D eigenvalue weighted by Gasteiger charge is -2.22. The number of esters is 2. The minimum Gasteiger partial charge on any atom is -0.456 e. The Bertz CT molecular complexity index is 3060. The van der Waals surface area contributed by atoms with Crippen molar-refractivity contribution in [3.63, 3.8) is 0 Å². The molecule has 2 aromatic heterocycles. The molecule has 0 radical (unpaired) electrons. The number of hydrogen-bond acceptors (Lipinski definition) is 8. The van der Waals surface area contributed by atoms with Crippen LogP contribution in [0.2, 0.25) is 20.1 Å². The average Bonchev–Trinajstić information content (AvgIpc) is 3.91. The van der Waals surface area contributed by atoms with Crippen molar-refractivity contribution in [3.05, 3.63) is 188 Å². The quantitative estimate of drug-likeness (QED) is 0.135. The first kappa shape index (κ1) is 50.3. The molecule has 1 N–H and O–H groups in total. The third-order valence-electron chi connectivity index (χ3n) is 10.3. The van der Waals surface area contributed by atoms with E-state index in [0.29, 0.717) is 31.2 Å². The van der Waals surface area contributed by atoms with E-state index < -0.39 is 11.2 Å². The minimum absolute atomic E-state index is 0.350. The molecule has 0 spiro atoms. The van der Waals surface area contributed by atoms with Crippen LogP contribution in [-0.2, 0) is 9.47 Å². The summed E-state index contributed by atoms with van der Waals surface area (Å²) in [7, 11) is 1.96. The second kappa shape index (κ2) is 21.0. The minimum atomic E-state index is -0.549. The fourth-order valence-corrected chi connectivity index (χ4v) is 8.04. The molecule has 8 rings (SSSR count). The lowest BCUT2D eigenvalue weighted by molar-refractivity contribution is 0.00570. The zero-order valence-electron chi connectivity index (χ0n) is 39.7. The van der Waals surface area contributed by atoms with Crippen LogP contribution < -0.4 is 10.2 Å². The van der Waals surface area contributed by atoms with Crippen molar-refractivity contribution in [3.8, 4) is 33.9 Å². The molecule has 0 aliphatic heterocycles. The molecule has 0 saturated heterocycles. The van der Waals surface area contributed by atoms with Gasteiger partial charge in [-0.15, -0.1) is 0 Å². The van der Waals surface area contributed by atoms with Crippen LogP contribution in [0.15, 0.2) is 146 Å².